The Balaban J connectivity index is 1.42. The molecule has 2 fully saturated rings. The van der Waals surface area contributed by atoms with Crippen LogP contribution in [-0.4, -0.2) is 41.9 Å². The van der Waals surface area contributed by atoms with Crippen LogP contribution in [0.5, 0.6) is 0 Å². The van der Waals surface area contributed by atoms with Crippen LogP contribution >= 0.6 is 0 Å². The molecule has 1 aromatic rings. The van der Waals surface area contributed by atoms with Crippen molar-refractivity contribution in [1.29, 1.82) is 0 Å². The Morgan fingerprint density at radius 1 is 1.13 bits per heavy atom. The molecule has 1 atom stereocenters. The molecule has 0 unspecified atom stereocenters. The van der Waals surface area contributed by atoms with Crippen molar-refractivity contribution in [3.63, 3.8) is 0 Å². The second-order valence-corrected chi connectivity index (χ2v) is 6.68. The Morgan fingerprint density at radius 2 is 1.78 bits per heavy atom. The summed E-state index contributed by atoms with van der Waals surface area (Å²) in [6.45, 7) is 1.49. The van der Waals surface area contributed by atoms with Crippen molar-refractivity contribution >= 4 is 11.8 Å². The highest BCUT2D eigenvalue weighted by molar-refractivity contribution is 5.82. The summed E-state index contributed by atoms with van der Waals surface area (Å²) in [6.07, 6.45) is 4.28. The lowest BCUT2D eigenvalue weighted by molar-refractivity contribution is -0.133. The second kappa shape index (κ2) is 7.13. The number of nitrogens with zero attached hydrogens (tertiary/aromatic N) is 1. The van der Waals surface area contributed by atoms with Crippen molar-refractivity contribution in [3.8, 4) is 0 Å². The summed E-state index contributed by atoms with van der Waals surface area (Å²) < 4.78 is 0. The van der Waals surface area contributed by atoms with Crippen molar-refractivity contribution in [2.75, 3.05) is 13.1 Å². The number of piperidine rings is 1. The van der Waals surface area contributed by atoms with Gasteiger partial charge in [0.2, 0.25) is 11.8 Å². The summed E-state index contributed by atoms with van der Waals surface area (Å²) in [5.41, 5.74) is 7.08. The Labute approximate surface area is 137 Å². The van der Waals surface area contributed by atoms with E-state index in [0.29, 0.717) is 12.3 Å². The number of rotatable bonds is 5. The van der Waals surface area contributed by atoms with Crippen LogP contribution in [0.1, 0.15) is 31.2 Å². The van der Waals surface area contributed by atoms with Crippen LogP contribution in [0.25, 0.3) is 0 Å². The van der Waals surface area contributed by atoms with Gasteiger partial charge in [-0.15, -0.1) is 0 Å². The van der Waals surface area contributed by atoms with Crippen LogP contribution in [0, 0.1) is 5.92 Å². The number of likely N-dealkylation sites (tertiary alicyclic amines) is 1. The lowest BCUT2D eigenvalue weighted by Gasteiger charge is -2.33. The zero-order valence-electron chi connectivity index (χ0n) is 13.4. The summed E-state index contributed by atoms with van der Waals surface area (Å²) in [6, 6.07) is 9.42. The first-order valence-corrected chi connectivity index (χ1v) is 8.52. The number of hydrogen-bond acceptors (Lipinski definition) is 3. The maximum absolute atomic E-state index is 12.2. The molecular weight excluding hydrogens is 290 g/mol. The van der Waals surface area contributed by atoms with E-state index in [2.05, 4.69) is 5.32 Å². The van der Waals surface area contributed by atoms with E-state index in [9.17, 15) is 9.59 Å². The fourth-order valence-electron chi connectivity index (χ4n) is 3.10. The molecule has 2 aliphatic rings. The van der Waals surface area contributed by atoms with E-state index in [1.807, 2.05) is 35.2 Å². The fraction of sp³-hybridized carbons (Fsp3) is 0.556. The molecule has 5 heteroatoms. The number of amides is 2. The molecule has 1 aliphatic carbocycles. The van der Waals surface area contributed by atoms with E-state index >= 15 is 0 Å². The minimum atomic E-state index is -0.525. The van der Waals surface area contributed by atoms with Crippen molar-refractivity contribution in [1.82, 2.24) is 10.2 Å². The third-order valence-corrected chi connectivity index (χ3v) is 4.71. The highest BCUT2D eigenvalue weighted by Crippen LogP contribution is 2.31. The minimum absolute atomic E-state index is 0.0965. The molecule has 124 valence electrons. The largest absolute Gasteiger partial charge is 0.352 e. The second-order valence-electron chi connectivity index (χ2n) is 6.68. The van der Waals surface area contributed by atoms with Crippen molar-refractivity contribution < 1.29 is 9.59 Å². The van der Waals surface area contributed by atoms with E-state index in [1.165, 1.54) is 0 Å². The molecule has 0 spiro atoms. The first-order chi connectivity index (χ1) is 11.1. The quantitative estimate of drug-likeness (QED) is 0.853. The van der Waals surface area contributed by atoms with Gasteiger partial charge in [0.1, 0.15) is 0 Å². The average molecular weight is 315 g/mol. The molecule has 3 N–H and O–H groups in total. The van der Waals surface area contributed by atoms with Crippen molar-refractivity contribution in [2.45, 2.75) is 44.2 Å². The Morgan fingerprint density at radius 3 is 2.39 bits per heavy atom. The van der Waals surface area contributed by atoms with E-state index in [0.717, 1.165) is 44.3 Å². The van der Waals surface area contributed by atoms with Gasteiger partial charge < -0.3 is 16.0 Å². The third kappa shape index (κ3) is 4.32. The molecule has 2 amide bonds. The smallest absolute Gasteiger partial charge is 0.237 e. The van der Waals surface area contributed by atoms with Crippen LogP contribution in [0.2, 0.25) is 0 Å². The van der Waals surface area contributed by atoms with E-state index in [1.54, 1.807) is 0 Å². The van der Waals surface area contributed by atoms with Gasteiger partial charge in [0.25, 0.3) is 0 Å². The van der Waals surface area contributed by atoms with Crippen LogP contribution in [0.3, 0.4) is 0 Å². The summed E-state index contributed by atoms with van der Waals surface area (Å²) in [4.78, 5) is 26.2. The van der Waals surface area contributed by atoms with Gasteiger partial charge in [-0.25, -0.2) is 0 Å². The number of carbonyl (C=O) groups excluding carboxylic acids is 2. The molecule has 5 nitrogen and oxygen atoms in total. The van der Waals surface area contributed by atoms with Crippen molar-refractivity contribution in [3.05, 3.63) is 35.9 Å². The molecule has 0 radical (unpaired) electrons. The molecule has 1 saturated carbocycles. The molecule has 23 heavy (non-hydrogen) atoms. The van der Waals surface area contributed by atoms with Crippen LogP contribution in [0.4, 0.5) is 0 Å². The average Bonchev–Trinajstić information content (AvgIpc) is 3.41. The summed E-state index contributed by atoms with van der Waals surface area (Å²) >= 11 is 0. The van der Waals surface area contributed by atoms with Crippen molar-refractivity contribution in [2.24, 2.45) is 11.7 Å². The third-order valence-electron chi connectivity index (χ3n) is 4.71. The normalized spacial score (nSPS) is 20.1. The predicted molar refractivity (Wildman–Crippen MR) is 88.6 cm³/mol. The van der Waals surface area contributed by atoms with Gasteiger partial charge in [0, 0.05) is 25.0 Å². The molecule has 0 aromatic heterocycles. The van der Waals surface area contributed by atoms with Gasteiger partial charge in [-0.2, -0.15) is 0 Å². The van der Waals surface area contributed by atoms with Crippen LogP contribution < -0.4 is 11.1 Å². The van der Waals surface area contributed by atoms with Gasteiger partial charge in [0.15, 0.2) is 0 Å². The van der Waals surface area contributed by atoms with E-state index in [4.69, 9.17) is 5.73 Å². The van der Waals surface area contributed by atoms with E-state index < -0.39 is 6.04 Å². The van der Waals surface area contributed by atoms with Crippen LogP contribution in [-0.2, 0) is 16.0 Å². The Hall–Kier alpha value is -1.88. The monoisotopic (exact) mass is 315 g/mol. The molecule has 1 aliphatic heterocycles. The lowest BCUT2D eigenvalue weighted by Crippen LogP contribution is -2.51. The minimum Gasteiger partial charge on any atom is -0.352 e. The summed E-state index contributed by atoms with van der Waals surface area (Å²) in [7, 11) is 0. The maximum Gasteiger partial charge on any atom is 0.237 e. The standard InChI is InChI=1S/C18H25N3O2/c19-16(12-13-4-2-1-3-5-13)17(22)20-15-8-10-21(11-9-15)18(23)14-6-7-14/h1-5,14-16H,6-12,19H2,(H,20,22)/t16-/m0/s1. The highest BCUT2D eigenvalue weighted by atomic mass is 16.2. The first-order valence-electron chi connectivity index (χ1n) is 8.52. The lowest BCUT2D eigenvalue weighted by atomic mass is 10.0. The summed E-state index contributed by atoms with van der Waals surface area (Å²) in [5.74, 6) is 0.483. The Bertz CT molecular complexity index is 549. The van der Waals surface area contributed by atoms with Gasteiger partial charge in [-0.05, 0) is 37.7 Å². The number of hydrogen-bond donors (Lipinski definition) is 2. The number of carbonyl (C=O) groups is 2. The first kappa shape index (κ1) is 16.0. The summed E-state index contributed by atoms with van der Waals surface area (Å²) in [5, 5.41) is 3.04. The van der Waals surface area contributed by atoms with E-state index in [-0.39, 0.29) is 17.9 Å². The van der Waals surface area contributed by atoms with Gasteiger partial charge in [-0.3, -0.25) is 9.59 Å². The SMILES string of the molecule is N[C@@H](Cc1ccccc1)C(=O)NC1CCN(C(=O)C2CC2)CC1. The molecule has 1 aromatic carbocycles. The Kier molecular flexibility index (Phi) is 4.96. The van der Waals surface area contributed by atoms with Gasteiger partial charge in [-0.1, -0.05) is 30.3 Å². The highest BCUT2D eigenvalue weighted by Gasteiger charge is 2.35. The number of nitrogens with one attached hydrogen (secondary N) is 1. The van der Waals surface area contributed by atoms with Gasteiger partial charge >= 0.3 is 0 Å². The zero-order valence-corrected chi connectivity index (χ0v) is 13.4. The molecule has 0 bridgehead atoms. The zero-order chi connectivity index (χ0) is 16.2. The fourth-order valence-corrected chi connectivity index (χ4v) is 3.10. The maximum atomic E-state index is 12.2. The molecule has 1 saturated heterocycles. The van der Waals surface area contributed by atoms with Crippen LogP contribution in [0.15, 0.2) is 30.3 Å². The number of nitrogens with two attached hydrogens (primary N) is 1. The predicted octanol–water partition coefficient (Wildman–Crippen LogP) is 1.07. The topological polar surface area (TPSA) is 75.4 Å². The molecule has 3 rings (SSSR count). The number of benzene rings is 1. The molecule has 1 heterocycles. The van der Waals surface area contributed by atoms with Gasteiger partial charge in [0.05, 0.1) is 6.04 Å². The molecular formula is C18H25N3O2.